The van der Waals surface area contributed by atoms with Crippen molar-refractivity contribution in [2.45, 2.75) is 47.0 Å². The van der Waals surface area contributed by atoms with Crippen LogP contribution in [0.2, 0.25) is 0 Å². The van der Waals surface area contributed by atoms with Gasteiger partial charge in [0.15, 0.2) is 0 Å². The van der Waals surface area contributed by atoms with E-state index in [1.807, 2.05) is 12.1 Å². The minimum Gasteiger partial charge on any atom is -0.477 e. The van der Waals surface area contributed by atoms with E-state index in [1.165, 1.54) is 41.7 Å². The van der Waals surface area contributed by atoms with Crippen LogP contribution in [0.1, 0.15) is 61.5 Å². The number of thiophene rings is 1. The first-order chi connectivity index (χ1) is 10.3. The molecule has 0 radical (unpaired) electrons. The fourth-order valence-corrected chi connectivity index (χ4v) is 3.90. The minimum atomic E-state index is -0.859. The first-order valence-electron chi connectivity index (χ1n) is 7.69. The second kappa shape index (κ2) is 6.66. The Morgan fingerprint density at radius 1 is 1.36 bits per heavy atom. The van der Waals surface area contributed by atoms with Gasteiger partial charge in [0.2, 0.25) is 0 Å². The Morgan fingerprint density at radius 3 is 2.68 bits per heavy atom. The van der Waals surface area contributed by atoms with E-state index in [0.29, 0.717) is 4.88 Å². The largest absolute Gasteiger partial charge is 0.477 e. The molecule has 1 heterocycles. The number of carboxylic acids is 1. The summed E-state index contributed by atoms with van der Waals surface area (Å²) in [7, 11) is 0. The number of hydrogen-bond acceptors (Lipinski definition) is 2. The number of carbonyl (C=O) groups is 1. The second-order valence-corrected chi connectivity index (χ2v) is 7.78. The molecule has 0 amide bonds. The Morgan fingerprint density at radius 2 is 2.09 bits per heavy atom. The highest BCUT2D eigenvalue weighted by molar-refractivity contribution is 7.14. The molecule has 22 heavy (non-hydrogen) atoms. The molecule has 0 unspecified atom stereocenters. The minimum absolute atomic E-state index is 0.249. The number of hydrogen-bond donors (Lipinski definition) is 1. The summed E-state index contributed by atoms with van der Waals surface area (Å²) >= 11 is 1.31. The van der Waals surface area contributed by atoms with Crippen LogP contribution in [0, 0.1) is 5.41 Å². The fraction of sp³-hybridized carbons (Fsp3) is 0.421. The van der Waals surface area contributed by atoms with Crippen molar-refractivity contribution in [3.8, 4) is 0 Å². The van der Waals surface area contributed by atoms with Crippen LogP contribution < -0.4 is 0 Å². The summed E-state index contributed by atoms with van der Waals surface area (Å²) in [6.45, 7) is 8.92. The Hall–Kier alpha value is -1.61. The lowest BCUT2D eigenvalue weighted by Gasteiger charge is -2.32. The van der Waals surface area contributed by atoms with Crippen molar-refractivity contribution in [2.24, 2.45) is 5.41 Å². The lowest BCUT2D eigenvalue weighted by Crippen LogP contribution is -2.19. The smallest absolute Gasteiger partial charge is 0.345 e. The molecule has 0 saturated carbocycles. The molecular formula is C19H24O2S. The SMILES string of the molecule is CC1=C(C=C/C(C)=C/c2ccc(C(=O)O)s2)C(C)(C)CCC1. The van der Waals surface area contributed by atoms with Gasteiger partial charge in [-0.25, -0.2) is 4.79 Å². The molecule has 3 heteroatoms. The van der Waals surface area contributed by atoms with Crippen molar-refractivity contribution in [1.29, 1.82) is 0 Å². The van der Waals surface area contributed by atoms with Crippen molar-refractivity contribution in [2.75, 3.05) is 0 Å². The molecule has 1 aromatic heterocycles. The molecule has 1 aliphatic rings. The number of rotatable bonds is 4. The Balaban J connectivity index is 2.18. The zero-order valence-corrected chi connectivity index (χ0v) is 14.6. The summed E-state index contributed by atoms with van der Waals surface area (Å²) in [6, 6.07) is 3.52. The number of carboxylic acid groups (broad SMARTS) is 1. The van der Waals surface area contributed by atoms with E-state index in [0.717, 1.165) is 10.5 Å². The van der Waals surface area contributed by atoms with Gasteiger partial charge in [-0.1, -0.05) is 31.6 Å². The van der Waals surface area contributed by atoms with E-state index in [9.17, 15) is 4.79 Å². The maximum absolute atomic E-state index is 10.9. The molecule has 0 fully saturated rings. The number of allylic oxidation sites excluding steroid dienone is 5. The van der Waals surface area contributed by atoms with Gasteiger partial charge in [0.05, 0.1) is 0 Å². The van der Waals surface area contributed by atoms with Gasteiger partial charge in [-0.05, 0) is 67.9 Å². The monoisotopic (exact) mass is 316 g/mol. The Kier molecular flexibility index (Phi) is 5.07. The molecule has 0 atom stereocenters. The van der Waals surface area contributed by atoms with Gasteiger partial charge in [0.1, 0.15) is 4.88 Å². The Bertz CT molecular complexity index is 657. The van der Waals surface area contributed by atoms with Gasteiger partial charge in [0.25, 0.3) is 0 Å². The quantitative estimate of drug-likeness (QED) is 0.699. The summed E-state index contributed by atoms with van der Waals surface area (Å²) in [5, 5.41) is 8.96. The van der Waals surface area contributed by atoms with E-state index in [1.54, 1.807) is 6.07 Å². The summed E-state index contributed by atoms with van der Waals surface area (Å²) in [6.07, 6.45) is 10.1. The topological polar surface area (TPSA) is 37.3 Å². The van der Waals surface area contributed by atoms with Crippen molar-refractivity contribution < 1.29 is 9.90 Å². The van der Waals surface area contributed by atoms with Crippen LogP contribution in [-0.4, -0.2) is 11.1 Å². The lowest BCUT2D eigenvalue weighted by molar-refractivity contribution is 0.0702. The van der Waals surface area contributed by atoms with E-state index < -0.39 is 5.97 Å². The lowest BCUT2D eigenvalue weighted by atomic mass is 9.72. The maximum atomic E-state index is 10.9. The van der Waals surface area contributed by atoms with Crippen molar-refractivity contribution in [3.05, 3.63) is 50.8 Å². The molecule has 0 bridgehead atoms. The van der Waals surface area contributed by atoms with Crippen LogP contribution in [-0.2, 0) is 0 Å². The second-order valence-electron chi connectivity index (χ2n) is 6.66. The van der Waals surface area contributed by atoms with Gasteiger partial charge in [0, 0.05) is 4.88 Å². The summed E-state index contributed by atoms with van der Waals surface area (Å²) in [4.78, 5) is 12.3. The average Bonchev–Trinajstić information content (AvgIpc) is 2.86. The highest BCUT2D eigenvalue weighted by atomic mass is 32.1. The van der Waals surface area contributed by atoms with Gasteiger partial charge in [-0.3, -0.25) is 0 Å². The highest BCUT2D eigenvalue weighted by Gasteiger charge is 2.26. The first-order valence-corrected chi connectivity index (χ1v) is 8.51. The standard InChI is InChI=1S/C19H24O2S/c1-13(12-15-8-10-17(22-15)18(20)21)7-9-16-14(2)6-5-11-19(16,3)4/h7-10,12H,5-6,11H2,1-4H3,(H,20,21)/b9-7?,13-12+. The van der Waals surface area contributed by atoms with Gasteiger partial charge in [-0.2, -0.15) is 0 Å². The molecule has 1 N–H and O–H groups in total. The predicted octanol–water partition coefficient (Wildman–Crippen LogP) is 5.93. The maximum Gasteiger partial charge on any atom is 0.345 e. The molecule has 1 aromatic rings. The van der Waals surface area contributed by atoms with Gasteiger partial charge < -0.3 is 5.11 Å². The van der Waals surface area contributed by atoms with Crippen LogP contribution in [0.25, 0.3) is 6.08 Å². The van der Waals surface area contributed by atoms with E-state index >= 15 is 0 Å². The molecule has 2 nitrogen and oxygen atoms in total. The molecule has 0 aromatic carbocycles. The van der Waals surface area contributed by atoms with Gasteiger partial charge in [-0.15, -0.1) is 11.3 Å². The molecular weight excluding hydrogens is 292 g/mol. The summed E-state index contributed by atoms with van der Waals surface area (Å²) < 4.78 is 0. The third-order valence-corrected chi connectivity index (χ3v) is 5.28. The molecule has 2 rings (SSSR count). The highest BCUT2D eigenvalue weighted by Crippen LogP contribution is 2.40. The van der Waals surface area contributed by atoms with Crippen molar-refractivity contribution >= 4 is 23.4 Å². The third kappa shape index (κ3) is 3.98. The van der Waals surface area contributed by atoms with Crippen LogP contribution >= 0.6 is 11.3 Å². The molecule has 0 saturated heterocycles. The first kappa shape index (κ1) is 16.8. The molecule has 1 aliphatic carbocycles. The van der Waals surface area contributed by atoms with Crippen LogP contribution in [0.3, 0.4) is 0 Å². The molecule has 0 spiro atoms. The number of aromatic carboxylic acids is 1. The van der Waals surface area contributed by atoms with E-state index in [2.05, 4.69) is 39.8 Å². The summed E-state index contributed by atoms with van der Waals surface area (Å²) in [5.74, 6) is -0.859. The Labute approximate surface area is 136 Å². The van der Waals surface area contributed by atoms with E-state index in [4.69, 9.17) is 5.11 Å². The van der Waals surface area contributed by atoms with E-state index in [-0.39, 0.29) is 5.41 Å². The van der Waals surface area contributed by atoms with Crippen LogP contribution in [0.15, 0.2) is 41.0 Å². The van der Waals surface area contributed by atoms with Crippen molar-refractivity contribution in [1.82, 2.24) is 0 Å². The fourth-order valence-electron chi connectivity index (χ4n) is 3.04. The van der Waals surface area contributed by atoms with Crippen molar-refractivity contribution in [3.63, 3.8) is 0 Å². The zero-order valence-electron chi connectivity index (χ0n) is 13.8. The van der Waals surface area contributed by atoms with Crippen LogP contribution in [0.5, 0.6) is 0 Å². The van der Waals surface area contributed by atoms with Gasteiger partial charge >= 0.3 is 5.97 Å². The zero-order chi connectivity index (χ0) is 16.3. The molecule has 118 valence electrons. The normalized spacial score (nSPS) is 19.0. The predicted molar refractivity (Wildman–Crippen MR) is 94.4 cm³/mol. The average molecular weight is 316 g/mol. The van der Waals surface area contributed by atoms with Crippen LogP contribution in [0.4, 0.5) is 0 Å². The third-order valence-electron chi connectivity index (χ3n) is 4.26. The molecule has 0 aliphatic heterocycles. The summed E-state index contributed by atoms with van der Waals surface area (Å²) in [5.41, 5.74) is 4.33.